The summed E-state index contributed by atoms with van der Waals surface area (Å²) in [7, 11) is 0. The van der Waals surface area contributed by atoms with Crippen LogP contribution < -0.4 is 0 Å². The van der Waals surface area contributed by atoms with Crippen molar-refractivity contribution in [3.05, 3.63) is 12.2 Å². The van der Waals surface area contributed by atoms with Crippen molar-refractivity contribution in [2.24, 2.45) is 21.7 Å². The van der Waals surface area contributed by atoms with Crippen LogP contribution in [0.15, 0.2) is 12.2 Å². The number of carbonyl (C=O) groups excluding carboxylic acids is 2. The molecule has 27 heavy (non-hydrogen) atoms. The van der Waals surface area contributed by atoms with Gasteiger partial charge in [0.1, 0.15) is 0 Å². The molecule has 0 N–H and O–H groups in total. The van der Waals surface area contributed by atoms with E-state index in [9.17, 15) is 9.59 Å². The van der Waals surface area contributed by atoms with Gasteiger partial charge in [0, 0.05) is 10.8 Å². The van der Waals surface area contributed by atoms with Crippen LogP contribution in [0.1, 0.15) is 87.5 Å². The number of carbonyl (C=O) groups is 2. The van der Waals surface area contributed by atoms with Gasteiger partial charge >= 0.3 is 11.9 Å². The maximum Gasteiger partial charge on any atom is 0.314 e. The highest BCUT2D eigenvalue weighted by atomic mass is 16.6. The van der Waals surface area contributed by atoms with Gasteiger partial charge in [0.15, 0.2) is 0 Å². The number of fused-ring (bicyclic) bond motifs is 2. The minimum atomic E-state index is -0.898. The summed E-state index contributed by atoms with van der Waals surface area (Å²) in [5.41, 5.74) is -2.53. The third kappa shape index (κ3) is 2.54. The molecule has 0 aromatic carbocycles. The number of allylic oxidation sites excluding steroid dienone is 2. The van der Waals surface area contributed by atoms with Crippen molar-refractivity contribution in [3.8, 4) is 0 Å². The first-order chi connectivity index (χ1) is 12.6. The molecule has 4 heteroatoms. The van der Waals surface area contributed by atoms with E-state index in [2.05, 4.69) is 26.0 Å². The average Bonchev–Trinajstić information content (AvgIpc) is 3.09. The Morgan fingerprint density at radius 1 is 0.741 bits per heavy atom. The number of esters is 2. The fraction of sp³-hybridized carbons (Fsp3) is 0.826. The van der Waals surface area contributed by atoms with Crippen LogP contribution in [0.5, 0.6) is 0 Å². The first kappa shape index (κ1) is 22.0. The quantitative estimate of drug-likeness (QED) is 0.416. The molecule has 2 unspecified atom stereocenters. The highest BCUT2D eigenvalue weighted by Gasteiger charge is 2.82. The minimum Gasteiger partial charge on any atom is -0.462 e. The molecule has 0 saturated heterocycles. The smallest absolute Gasteiger partial charge is 0.314 e. The van der Waals surface area contributed by atoms with Gasteiger partial charge in [-0.1, -0.05) is 39.8 Å². The molecule has 0 heterocycles. The normalized spacial score (nSPS) is 37.3. The fourth-order valence-electron chi connectivity index (χ4n) is 6.51. The Kier molecular flexibility index (Phi) is 5.90. The van der Waals surface area contributed by atoms with Gasteiger partial charge in [-0.2, -0.15) is 0 Å². The summed E-state index contributed by atoms with van der Waals surface area (Å²) in [6.45, 7) is 15.8. The van der Waals surface area contributed by atoms with Crippen molar-refractivity contribution in [2.75, 3.05) is 0 Å². The van der Waals surface area contributed by atoms with E-state index < -0.39 is 10.8 Å². The lowest BCUT2D eigenvalue weighted by molar-refractivity contribution is -0.199. The van der Waals surface area contributed by atoms with Gasteiger partial charge in [-0.3, -0.25) is 9.59 Å². The van der Waals surface area contributed by atoms with Gasteiger partial charge in [-0.15, -0.1) is 0 Å². The van der Waals surface area contributed by atoms with Crippen LogP contribution in [0.3, 0.4) is 0 Å². The third-order valence-corrected chi connectivity index (χ3v) is 7.49. The molecule has 2 bridgehead atoms. The standard InChI is InChI=1S/C23H38O4/c1-9-20-13-14-21(10-2,15-20)23(12-4,19(25)27-17(7)8)22(20,11-3)18(24)26-16(5)6/h13-14,16-17H,9-12,15H2,1-8H3/t20-,21-,22?,23?/m1/s1. The lowest BCUT2D eigenvalue weighted by Crippen LogP contribution is -2.61. The van der Waals surface area contributed by atoms with Crippen molar-refractivity contribution >= 4 is 11.9 Å². The molecule has 0 aromatic rings. The van der Waals surface area contributed by atoms with Gasteiger partial charge < -0.3 is 9.47 Å². The summed E-state index contributed by atoms with van der Waals surface area (Å²) in [4.78, 5) is 27.4. The lowest BCUT2D eigenvalue weighted by atomic mass is 9.47. The predicted molar refractivity (Wildman–Crippen MR) is 107 cm³/mol. The Labute approximate surface area is 165 Å². The summed E-state index contributed by atoms with van der Waals surface area (Å²) in [6.07, 6.45) is 7.58. The molecule has 1 saturated carbocycles. The van der Waals surface area contributed by atoms with Crippen LogP contribution >= 0.6 is 0 Å². The van der Waals surface area contributed by atoms with Crippen LogP contribution in [0.25, 0.3) is 0 Å². The van der Waals surface area contributed by atoms with E-state index in [0.29, 0.717) is 12.8 Å². The predicted octanol–water partition coefficient (Wildman–Crippen LogP) is 5.45. The maximum atomic E-state index is 13.7. The van der Waals surface area contributed by atoms with Crippen LogP contribution in [-0.2, 0) is 19.1 Å². The third-order valence-electron chi connectivity index (χ3n) is 7.49. The summed E-state index contributed by atoms with van der Waals surface area (Å²) in [6, 6.07) is 0. The Bertz CT molecular complexity index is 570. The van der Waals surface area contributed by atoms with Crippen LogP contribution in [0.4, 0.5) is 0 Å². The van der Waals surface area contributed by atoms with Crippen molar-refractivity contribution < 1.29 is 19.1 Å². The summed E-state index contributed by atoms with van der Waals surface area (Å²) in [5, 5.41) is 0. The Hall–Kier alpha value is -1.32. The molecule has 0 aromatic heterocycles. The second-order valence-corrected chi connectivity index (χ2v) is 8.96. The SMILES string of the molecule is CCC1(C(=O)OC(C)C)C(CC)(C(=O)OC(C)C)[C@]2(CC)C=C[C@]1(CC)C2. The molecule has 0 spiro atoms. The average molecular weight is 379 g/mol. The molecule has 1 fully saturated rings. The number of hydrogen-bond donors (Lipinski definition) is 0. The first-order valence-corrected chi connectivity index (χ1v) is 10.7. The van der Waals surface area contributed by atoms with E-state index in [0.717, 1.165) is 19.3 Å². The topological polar surface area (TPSA) is 52.6 Å². The molecule has 4 nitrogen and oxygen atoms in total. The zero-order chi connectivity index (χ0) is 20.7. The van der Waals surface area contributed by atoms with E-state index in [1.807, 2.05) is 41.5 Å². The summed E-state index contributed by atoms with van der Waals surface area (Å²) < 4.78 is 11.7. The Morgan fingerprint density at radius 3 is 1.30 bits per heavy atom. The molecule has 0 amide bonds. The molecule has 4 atom stereocenters. The van der Waals surface area contributed by atoms with Gasteiger partial charge in [0.05, 0.1) is 23.0 Å². The largest absolute Gasteiger partial charge is 0.462 e. The highest BCUT2D eigenvalue weighted by molar-refractivity contribution is 5.93. The van der Waals surface area contributed by atoms with Crippen molar-refractivity contribution in [1.29, 1.82) is 0 Å². The second kappa shape index (κ2) is 7.25. The summed E-state index contributed by atoms with van der Waals surface area (Å²) >= 11 is 0. The molecule has 2 aliphatic carbocycles. The number of hydrogen-bond acceptors (Lipinski definition) is 4. The van der Waals surface area contributed by atoms with Gasteiger partial charge in [0.25, 0.3) is 0 Å². The van der Waals surface area contributed by atoms with Crippen molar-refractivity contribution in [2.45, 2.75) is 99.7 Å². The van der Waals surface area contributed by atoms with E-state index >= 15 is 0 Å². The first-order valence-electron chi connectivity index (χ1n) is 10.7. The van der Waals surface area contributed by atoms with Gasteiger partial charge in [-0.25, -0.2) is 0 Å². The molecule has 154 valence electrons. The van der Waals surface area contributed by atoms with Crippen molar-refractivity contribution in [1.82, 2.24) is 0 Å². The molecule has 0 aliphatic heterocycles. The Balaban J connectivity index is 2.83. The molecular weight excluding hydrogens is 340 g/mol. The molecule has 2 aliphatic rings. The van der Waals surface area contributed by atoms with E-state index in [4.69, 9.17) is 9.47 Å². The van der Waals surface area contributed by atoms with E-state index in [1.165, 1.54) is 0 Å². The molecule has 2 rings (SSSR count). The fourth-order valence-corrected chi connectivity index (χ4v) is 6.51. The van der Waals surface area contributed by atoms with Gasteiger partial charge in [0.2, 0.25) is 0 Å². The lowest BCUT2D eigenvalue weighted by Gasteiger charge is -2.54. The number of rotatable bonds is 8. The monoisotopic (exact) mass is 378 g/mol. The highest BCUT2D eigenvalue weighted by Crippen LogP contribution is 2.80. The maximum absolute atomic E-state index is 13.7. The molecule has 0 radical (unpaired) electrons. The van der Waals surface area contributed by atoms with E-state index in [-0.39, 0.29) is 35.0 Å². The number of ether oxygens (including phenoxy) is 2. The van der Waals surface area contributed by atoms with Crippen LogP contribution in [0, 0.1) is 21.7 Å². The van der Waals surface area contributed by atoms with E-state index in [1.54, 1.807) is 0 Å². The van der Waals surface area contributed by atoms with Crippen molar-refractivity contribution in [3.63, 3.8) is 0 Å². The zero-order valence-corrected chi connectivity index (χ0v) is 18.5. The Morgan fingerprint density at radius 2 is 1.07 bits per heavy atom. The second-order valence-electron chi connectivity index (χ2n) is 8.96. The van der Waals surface area contributed by atoms with Crippen LogP contribution in [0.2, 0.25) is 0 Å². The van der Waals surface area contributed by atoms with Crippen LogP contribution in [-0.4, -0.2) is 24.1 Å². The van der Waals surface area contributed by atoms with Gasteiger partial charge in [-0.05, 0) is 59.8 Å². The summed E-state index contributed by atoms with van der Waals surface area (Å²) in [5.74, 6) is -0.465. The zero-order valence-electron chi connectivity index (χ0n) is 18.5. The minimum absolute atomic E-state index is 0.216. The molecular formula is C23H38O4.